The van der Waals surface area contributed by atoms with Crippen molar-refractivity contribution in [3.05, 3.63) is 24.3 Å². The smallest absolute Gasteiger partial charge is 0.310 e. The third-order valence-corrected chi connectivity index (χ3v) is 1.84. The fraction of sp³-hybridized carbons (Fsp3) is 0.364. The Hall–Kier alpha value is -1.22. The van der Waals surface area contributed by atoms with E-state index in [9.17, 15) is 4.79 Å². The third kappa shape index (κ3) is 4.21. The quantitative estimate of drug-likeness (QED) is 0.442. The first-order chi connectivity index (χ1) is 7.26. The number of carbonyl (C=O) groups is 1. The first-order valence-electron chi connectivity index (χ1n) is 4.75. The highest BCUT2D eigenvalue weighted by Gasteiger charge is 2.01. The summed E-state index contributed by atoms with van der Waals surface area (Å²) < 4.78 is 10.3. The second-order valence-electron chi connectivity index (χ2n) is 2.84. The molecule has 1 rings (SSSR count). The van der Waals surface area contributed by atoms with Gasteiger partial charge in [-0.1, -0.05) is 6.92 Å². The van der Waals surface area contributed by atoms with Crippen LogP contribution < -0.4 is 9.47 Å². The van der Waals surface area contributed by atoms with Gasteiger partial charge in [0, 0.05) is 6.42 Å². The van der Waals surface area contributed by atoms with E-state index in [0.717, 1.165) is 0 Å². The maximum absolute atomic E-state index is 11.0. The highest BCUT2D eigenvalue weighted by Crippen LogP contribution is 2.17. The van der Waals surface area contributed by atoms with Crippen molar-refractivity contribution in [1.29, 1.82) is 0 Å². The van der Waals surface area contributed by atoms with Crippen molar-refractivity contribution in [2.75, 3.05) is 12.5 Å². The molecule has 0 unspecified atom stereocenters. The van der Waals surface area contributed by atoms with Crippen LogP contribution in [0.4, 0.5) is 0 Å². The highest BCUT2D eigenvalue weighted by atomic mass is 35.5. The third-order valence-electron chi connectivity index (χ3n) is 1.69. The SMILES string of the molecule is CCC(=O)Oc1ccc(OCCCl)cc1. The molecule has 0 radical (unpaired) electrons. The van der Waals surface area contributed by atoms with Crippen LogP contribution in [-0.4, -0.2) is 18.5 Å². The molecule has 0 heterocycles. The average Bonchev–Trinajstić information content (AvgIpc) is 2.28. The summed E-state index contributed by atoms with van der Waals surface area (Å²) in [5, 5.41) is 0. The van der Waals surface area contributed by atoms with Gasteiger partial charge in [-0.2, -0.15) is 0 Å². The van der Waals surface area contributed by atoms with Crippen LogP contribution in [0, 0.1) is 0 Å². The molecule has 0 N–H and O–H groups in total. The Kier molecular flexibility index (Phi) is 4.98. The second-order valence-corrected chi connectivity index (χ2v) is 3.21. The Morgan fingerprint density at radius 1 is 1.27 bits per heavy atom. The molecular weight excluding hydrogens is 216 g/mol. The summed E-state index contributed by atoms with van der Waals surface area (Å²) >= 11 is 5.48. The molecule has 0 fully saturated rings. The van der Waals surface area contributed by atoms with E-state index in [4.69, 9.17) is 21.1 Å². The van der Waals surface area contributed by atoms with Gasteiger partial charge < -0.3 is 9.47 Å². The Labute approximate surface area is 93.9 Å². The summed E-state index contributed by atoms with van der Waals surface area (Å²) in [6.07, 6.45) is 0.366. The van der Waals surface area contributed by atoms with Crippen molar-refractivity contribution in [3.8, 4) is 11.5 Å². The van der Waals surface area contributed by atoms with E-state index in [-0.39, 0.29) is 5.97 Å². The van der Waals surface area contributed by atoms with Gasteiger partial charge in [-0.3, -0.25) is 4.79 Å². The Morgan fingerprint density at radius 2 is 1.87 bits per heavy atom. The highest BCUT2D eigenvalue weighted by molar-refractivity contribution is 6.18. The zero-order valence-corrected chi connectivity index (χ0v) is 9.29. The molecule has 1 aromatic rings. The van der Waals surface area contributed by atoms with Gasteiger partial charge in [0.2, 0.25) is 0 Å². The lowest BCUT2D eigenvalue weighted by molar-refractivity contribution is -0.134. The summed E-state index contributed by atoms with van der Waals surface area (Å²) in [7, 11) is 0. The van der Waals surface area contributed by atoms with Crippen LogP contribution in [0.25, 0.3) is 0 Å². The van der Waals surface area contributed by atoms with Gasteiger partial charge in [0.05, 0.1) is 5.88 Å². The number of ether oxygens (including phenoxy) is 2. The number of benzene rings is 1. The van der Waals surface area contributed by atoms with Crippen LogP contribution in [0.15, 0.2) is 24.3 Å². The number of rotatable bonds is 5. The molecule has 15 heavy (non-hydrogen) atoms. The molecule has 0 bridgehead atoms. The lowest BCUT2D eigenvalue weighted by Crippen LogP contribution is -2.05. The van der Waals surface area contributed by atoms with Gasteiger partial charge in [0.15, 0.2) is 0 Å². The largest absolute Gasteiger partial charge is 0.492 e. The van der Waals surface area contributed by atoms with Crippen LogP contribution >= 0.6 is 11.6 Å². The average molecular weight is 229 g/mol. The fourth-order valence-electron chi connectivity index (χ4n) is 0.964. The summed E-state index contributed by atoms with van der Waals surface area (Å²) in [5.41, 5.74) is 0. The number of esters is 1. The maximum Gasteiger partial charge on any atom is 0.310 e. The van der Waals surface area contributed by atoms with E-state index in [1.54, 1.807) is 31.2 Å². The van der Waals surface area contributed by atoms with Gasteiger partial charge in [0.1, 0.15) is 18.1 Å². The minimum Gasteiger partial charge on any atom is -0.492 e. The first kappa shape index (κ1) is 11.9. The Balaban J connectivity index is 2.52. The molecule has 4 heteroatoms. The fourth-order valence-corrected chi connectivity index (χ4v) is 1.04. The van der Waals surface area contributed by atoms with Crippen LogP contribution in [0.2, 0.25) is 0 Å². The Bertz CT molecular complexity index is 308. The van der Waals surface area contributed by atoms with Crippen molar-refractivity contribution in [2.45, 2.75) is 13.3 Å². The molecular formula is C11H13ClO3. The molecule has 0 atom stereocenters. The van der Waals surface area contributed by atoms with Crippen LogP contribution in [0.3, 0.4) is 0 Å². The van der Waals surface area contributed by atoms with E-state index in [0.29, 0.717) is 30.4 Å². The van der Waals surface area contributed by atoms with Gasteiger partial charge in [-0.05, 0) is 24.3 Å². The summed E-state index contributed by atoms with van der Waals surface area (Å²) in [6, 6.07) is 6.86. The lowest BCUT2D eigenvalue weighted by Gasteiger charge is -2.05. The van der Waals surface area contributed by atoms with Crippen LogP contribution in [-0.2, 0) is 4.79 Å². The molecule has 0 aliphatic heterocycles. The minimum atomic E-state index is -0.246. The molecule has 0 aromatic heterocycles. The van der Waals surface area contributed by atoms with Gasteiger partial charge in [0.25, 0.3) is 0 Å². The molecule has 82 valence electrons. The lowest BCUT2D eigenvalue weighted by atomic mass is 10.3. The molecule has 3 nitrogen and oxygen atoms in total. The summed E-state index contributed by atoms with van der Waals surface area (Å²) in [6.45, 7) is 2.22. The van der Waals surface area contributed by atoms with E-state index < -0.39 is 0 Å². The number of carbonyl (C=O) groups excluding carboxylic acids is 1. The summed E-state index contributed by atoms with van der Waals surface area (Å²) in [5.74, 6) is 1.45. The van der Waals surface area contributed by atoms with Crippen molar-refractivity contribution >= 4 is 17.6 Å². The van der Waals surface area contributed by atoms with Crippen molar-refractivity contribution in [2.24, 2.45) is 0 Å². The molecule has 0 spiro atoms. The monoisotopic (exact) mass is 228 g/mol. The number of alkyl halides is 1. The van der Waals surface area contributed by atoms with E-state index in [2.05, 4.69) is 0 Å². The van der Waals surface area contributed by atoms with Gasteiger partial charge in [-0.25, -0.2) is 0 Å². The molecule has 0 amide bonds. The minimum absolute atomic E-state index is 0.246. The van der Waals surface area contributed by atoms with Crippen LogP contribution in [0.1, 0.15) is 13.3 Å². The zero-order valence-electron chi connectivity index (χ0n) is 8.53. The predicted octanol–water partition coefficient (Wildman–Crippen LogP) is 2.62. The van der Waals surface area contributed by atoms with E-state index >= 15 is 0 Å². The van der Waals surface area contributed by atoms with E-state index in [1.807, 2.05) is 0 Å². The van der Waals surface area contributed by atoms with Crippen LogP contribution in [0.5, 0.6) is 11.5 Å². The van der Waals surface area contributed by atoms with Gasteiger partial charge >= 0.3 is 5.97 Å². The van der Waals surface area contributed by atoms with Gasteiger partial charge in [-0.15, -0.1) is 11.6 Å². The number of halogens is 1. The van der Waals surface area contributed by atoms with Crippen molar-refractivity contribution < 1.29 is 14.3 Å². The first-order valence-corrected chi connectivity index (χ1v) is 5.29. The predicted molar refractivity (Wildman–Crippen MR) is 58.6 cm³/mol. The second kappa shape index (κ2) is 6.30. The molecule has 0 saturated carbocycles. The zero-order chi connectivity index (χ0) is 11.1. The Morgan fingerprint density at radius 3 is 2.40 bits per heavy atom. The van der Waals surface area contributed by atoms with Crippen molar-refractivity contribution in [3.63, 3.8) is 0 Å². The topological polar surface area (TPSA) is 35.5 Å². The van der Waals surface area contributed by atoms with E-state index in [1.165, 1.54) is 0 Å². The maximum atomic E-state index is 11.0. The molecule has 0 saturated heterocycles. The molecule has 1 aromatic carbocycles. The molecule has 0 aliphatic carbocycles. The number of hydrogen-bond acceptors (Lipinski definition) is 3. The standard InChI is InChI=1S/C11H13ClO3/c1-2-11(13)15-10-5-3-9(4-6-10)14-8-7-12/h3-6H,2,7-8H2,1H3. The van der Waals surface area contributed by atoms with Crippen molar-refractivity contribution in [1.82, 2.24) is 0 Å². The summed E-state index contributed by atoms with van der Waals surface area (Å²) in [4.78, 5) is 11.0. The normalized spacial score (nSPS) is 9.73. The molecule has 0 aliphatic rings. The number of hydrogen-bond donors (Lipinski definition) is 0.